The fourth-order valence-corrected chi connectivity index (χ4v) is 2.06. The van der Waals surface area contributed by atoms with E-state index in [2.05, 4.69) is 36.0 Å². The fraction of sp³-hybridized carbons (Fsp3) is 0.231. The number of aromatic nitrogens is 7. The van der Waals surface area contributed by atoms with Gasteiger partial charge in [0.1, 0.15) is 24.5 Å². The minimum Gasteiger partial charge on any atom is -0.347 e. The van der Waals surface area contributed by atoms with Crippen LogP contribution in [0.4, 0.5) is 0 Å². The molecule has 2 N–H and O–H groups in total. The van der Waals surface area contributed by atoms with E-state index in [0.29, 0.717) is 12.2 Å². The van der Waals surface area contributed by atoms with Gasteiger partial charge in [-0.25, -0.2) is 9.67 Å². The van der Waals surface area contributed by atoms with Crippen LogP contribution in [0.2, 0.25) is 0 Å². The Hall–Kier alpha value is -3.10. The summed E-state index contributed by atoms with van der Waals surface area (Å²) in [7, 11) is 0. The maximum absolute atomic E-state index is 12.5. The zero-order valence-electron chi connectivity index (χ0n) is 11.6. The molecule has 3 aromatic rings. The Morgan fingerprint density at radius 2 is 2.18 bits per heavy atom. The van der Waals surface area contributed by atoms with E-state index in [9.17, 15) is 4.79 Å². The van der Waals surface area contributed by atoms with Gasteiger partial charge < -0.3 is 5.32 Å². The molecule has 0 spiro atoms. The summed E-state index contributed by atoms with van der Waals surface area (Å²) in [6.07, 6.45) is 3.32. The van der Waals surface area contributed by atoms with E-state index in [-0.39, 0.29) is 12.5 Å². The van der Waals surface area contributed by atoms with Gasteiger partial charge >= 0.3 is 0 Å². The lowest BCUT2D eigenvalue weighted by molar-refractivity contribution is -0.124. The third-order valence-corrected chi connectivity index (χ3v) is 3.15. The van der Waals surface area contributed by atoms with Gasteiger partial charge in [0.2, 0.25) is 5.91 Å². The van der Waals surface area contributed by atoms with Gasteiger partial charge in [-0.2, -0.15) is 5.10 Å². The van der Waals surface area contributed by atoms with Gasteiger partial charge in [-0.05, 0) is 16.0 Å². The summed E-state index contributed by atoms with van der Waals surface area (Å²) in [6, 6.07) is 9.18. The van der Waals surface area contributed by atoms with Crippen molar-refractivity contribution in [2.24, 2.45) is 0 Å². The van der Waals surface area contributed by atoms with Crippen molar-refractivity contribution >= 4 is 5.91 Å². The van der Waals surface area contributed by atoms with Crippen LogP contribution in [-0.2, 0) is 17.8 Å². The number of carbonyl (C=O) groups is 1. The van der Waals surface area contributed by atoms with Gasteiger partial charge in [0.15, 0.2) is 0 Å². The molecule has 0 fully saturated rings. The van der Waals surface area contributed by atoms with Crippen LogP contribution in [0.1, 0.15) is 17.4 Å². The molecule has 0 saturated carbocycles. The normalized spacial score (nSPS) is 12.0. The van der Waals surface area contributed by atoms with Crippen molar-refractivity contribution in [3.05, 3.63) is 54.4 Å². The molecule has 0 bridgehead atoms. The topological polar surface area (TPSA) is 114 Å². The van der Waals surface area contributed by atoms with Crippen LogP contribution >= 0.6 is 0 Å². The second-order valence-corrected chi connectivity index (χ2v) is 4.65. The summed E-state index contributed by atoms with van der Waals surface area (Å²) >= 11 is 0. The highest BCUT2D eigenvalue weighted by Gasteiger charge is 2.22. The molecule has 1 aromatic carbocycles. The van der Waals surface area contributed by atoms with E-state index < -0.39 is 6.04 Å². The monoisotopic (exact) mass is 298 g/mol. The maximum Gasteiger partial charge on any atom is 0.245 e. The maximum atomic E-state index is 12.5. The van der Waals surface area contributed by atoms with E-state index in [0.717, 1.165) is 5.56 Å². The number of nitrogens with zero attached hydrogens (tertiary/aromatic N) is 6. The van der Waals surface area contributed by atoms with E-state index in [1.54, 1.807) is 0 Å². The number of amides is 1. The lowest BCUT2D eigenvalue weighted by atomic mass is 10.1. The molecule has 9 heteroatoms. The van der Waals surface area contributed by atoms with Crippen LogP contribution in [0.5, 0.6) is 0 Å². The molecule has 0 aliphatic carbocycles. The highest BCUT2D eigenvalue weighted by atomic mass is 16.2. The van der Waals surface area contributed by atoms with Gasteiger partial charge in [-0.1, -0.05) is 30.3 Å². The minimum absolute atomic E-state index is 0.187. The average Bonchev–Trinajstić information content (AvgIpc) is 3.24. The van der Waals surface area contributed by atoms with Gasteiger partial charge in [-0.15, -0.1) is 5.10 Å². The highest BCUT2D eigenvalue weighted by Crippen LogP contribution is 2.13. The number of hydrogen-bond donors (Lipinski definition) is 2. The summed E-state index contributed by atoms with van der Waals surface area (Å²) in [5.74, 6) is 0.399. The number of aromatic amines is 1. The molecule has 0 aliphatic heterocycles. The predicted octanol–water partition coefficient (Wildman–Crippen LogP) is -0.109. The third kappa shape index (κ3) is 3.32. The molecule has 2 aromatic heterocycles. The van der Waals surface area contributed by atoms with Crippen LogP contribution in [0, 0.1) is 0 Å². The van der Waals surface area contributed by atoms with Crippen LogP contribution in [-0.4, -0.2) is 41.3 Å². The first-order valence-corrected chi connectivity index (χ1v) is 6.71. The SMILES string of the molecule is O=C(NCc1ncn[nH]1)[C@H](Cc1ccccc1)n1cnnn1. The molecule has 3 rings (SSSR count). The molecule has 0 radical (unpaired) electrons. The number of hydrogen-bond acceptors (Lipinski definition) is 6. The zero-order chi connectivity index (χ0) is 15.2. The van der Waals surface area contributed by atoms with Gasteiger partial charge in [-0.3, -0.25) is 9.89 Å². The van der Waals surface area contributed by atoms with E-state index >= 15 is 0 Å². The Labute approximate surface area is 125 Å². The smallest absolute Gasteiger partial charge is 0.245 e. The molecular weight excluding hydrogens is 284 g/mol. The number of rotatable bonds is 6. The van der Waals surface area contributed by atoms with E-state index in [4.69, 9.17) is 0 Å². The fourth-order valence-electron chi connectivity index (χ4n) is 2.06. The van der Waals surface area contributed by atoms with Crippen LogP contribution in [0.15, 0.2) is 43.0 Å². The molecule has 112 valence electrons. The van der Waals surface area contributed by atoms with Crippen LogP contribution < -0.4 is 5.32 Å². The molecular formula is C13H14N8O. The van der Waals surface area contributed by atoms with Crippen molar-refractivity contribution in [3.8, 4) is 0 Å². The summed E-state index contributed by atoms with van der Waals surface area (Å²) < 4.78 is 1.45. The summed E-state index contributed by atoms with van der Waals surface area (Å²) in [4.78, 5) is 16.4. The second-order valence-electron chi connectivity index (χ2n) is 4.65. The number of carbonyl (C=O) groups excluding carboxylic acids is 1. The summed E-state index contributed by atoms with van der Waals surface area (Å²) in [5.41, 5.74) is 1.03. The van der Waals surface area contributed by atoms with Crippen molar-refractivity contribution in [2.75, 3.05) is 0 Å². The van der Waals surface area contributed by atoms with Gasteiger partial charge in [0, 0.05) is 6.42 Å². The largest absolute Gasteiger partial charge is 0.347 e. The lowest BCUT2D eigenvalue weighted by Gasteiger charge is -2.15. The van der Waals surface area contributed by atoms with Gasteiger partial charge in [0.05, 0.1) is 6.54 Å². The van der Waals surface area contributed by atoms with Gasteiger partial charge in [0.25, 0.3) is 0 Å². The van der Waals surface area contributed by atoms with E-state index in [1.807, 2.05) is 30.3 Å². The Balaban J connectivity index is 1.72. The van der Waals surface area contributed by atoms with Crippen molar-refractivity contribution in [3.63, 3.8) is 0 Å². The quantitative estimate of drug-likeness (QED) is 0.656. The molecule has 2 heterocycles. The Morgan fingerprint density at radius 3 is 2.86 bits per heavy atom. The Morgan fingerprint density at radius 1 is 1.32 bits per heavy atom. The van der Waals surface area contributed by atoms with Crippen molar-refractivity contribution in [1.29, 1.82) is 0 Å². The summed E-state index contributed by atoms with van der Waals surface area (Å²) in [6.45, 7) is 0.270. The first-order chi connectivity index (χ1) is 10.8. The van der Waals surface area contributed by atoms with Crippen LogP contribution in [0.3, 0.4) is 0 Å². The minimum atomic E-state index is -0.527. The molecule has 9 nitrogen and oxygen atoms in total. The van der Waals surface area contributed by atoms with E-state index in [1.165, 1.54) is 17.3 Å². The van der Waals surface area contributed by atoms with Crippen molar-refractivity contribution in [1.82, 2.24) is 40.7 Å². The van der Waals surface area contributed by atoms with Crippen molar-refractivity contribution < 1.29 is 4.79 Å². The Bertz CT molecular complexity index is 695. The average molecular weight is 298 g/mol. The summed E-state index contributed by atoms with van der Waals surface area (Å²) in [5, 5.41) is 20.3. The number of benzene rings is 1. The molecule has 0 unspecified atom stereocenters. The third-order valence-electron chi connectivity index (χ3n) is 3.15. The number of H-pyrrole nitrogens is 1. The predicted molar refractivity (Wildman–Crippen MR) is 75.2 cm³/mol. The van der Waals surface area contributed by atoms with Crippen molar-refractivity contribution in [2.45, 2.75) is 19.0 Å². The highest BCUT2D eigenvalue weighted by molar-refractivity contribution is 5.80. The number of tetrazole rings is 1. The molecule has 0 saturated heterocycles. The zero-order valence-corrected chi connectivity index (χ0v) is 11.6. The molecule has 1 amide bonds. The molecule has 22 heavy (non-hydrogen) atoms. The van der Waals surface area contributed by atoms with Crippen LogP contribution in [0.25, 0.3) is 0 Å². The molecule has 0 aliphatic rings. The molecule has 1 atom stereocenters. The first-order valence-electron chi connectivity index (χ1n) is 6.71. The second kappa shape index (κ2) is 6.57. The Kier molecular flexibility index (Phi) is 4.14. The number of nitrogens with one attached hydrogen (secondary N) is 2. The standard InChI is InChI=1S/C13H14N8O/c22-13(14-7-12-15-8-16-18-12)11(21-9-17-19-20-21)6-10-4-2-1-3-5-10/h1-5,8-9,11H,6-7H2,(H,14,22)(H,15,16,18)/t11-/m0/s1. The lowest BCUT2D eigenvalue weighted by Crippen LogP contribution is -2.34. The first kappa shape index (κ1) is 13.9.